The highest BCUT2D eigenvalue weighted by atomic mass is 16.5. The lowest BCUT2D eigenvalue weighted by molar-refractivity contribution is -0.128. The van der Waals surface area contributed by atoms with Crippen LogP contribution in [-0.2, 0) is 11.3 Å². The van der Waals surface area contributed by atoms with Crippen LogP contribution < -0.4 is 9.47 Å². The number of nitrogens with zero attached hydrogens (tertiary/aromatic N) is 4. The maximum atomic E-state index is 12.5. The predicted molar refractivity (Wildman–Crippen MR) is 105 cm³/mol. The molecule has 8 nitrogen and oxygen atoms in total. The molecule has 2 aromatic rings. The highest BCUT2D eigenvalue weighted by molar-refractivity contribution is 5.87. The number of rotatable bonds is 10. The molecular formula is C20H28N4O4. The third-order valence-electron chi connectivity index (χ3n) is 4.36. The number of aromatic nitrogens is 3. The van der Waals surface area contributed by atoms with E-state index in [-0.39, 0.29) is 31.2 Å². The van der Waals surface area contributed by atoms with E-state index in [1.807, 2.05) is 39.1 Å². The van der Waals surface area contributed by atoms with Crippen LogP contribution in [0.1, 0.15) is 44.1 Å². The molecule has 152 valence electrons. The van der Waals surface area contributed by atoms with Crippen LogP contribution >= 0.6 is 0 Å². The number of ether oxygens (including phenoxy) is 2. The molecule has 0 aliphatic carbocycles. The average Bonchev–Trinajstić information content (AvgIpc) is 3.18. The van der Waals surface area contributed by atoms with Gasteiger partial charge >= 0.3 is 0 Å². The maximum Gasteiger partial charge on any atom is 0.246 e. The number of hydrogen-bond donors (Lipinski definition) is 1. The molecule has 8 heteroatoms. The summed E-state index contributed by atoms with van der Waals surface area (Å²) in [6.07, 6.45) is 3.13. The van der Waals surface area contributed by atoms with E-state index in [2.05, 4.69) is 16.9 Å². The van der Waals surface area contributed by atoms with E-state index < -0.39 is 0 Å². The number of aliphatic hydroxyl groups is 1. The smallest absolute Gasteiger partial charge is 0.246 e. The normalized spacial score (nSPS) is 11.9. The zero-order valence-electron chi connectivity index (χ0n) is 16.8. The van der Waals surface area contributed by atoms with Gasteiger partial charge in [0.05, 0.1) is 32.5 Å². The molecule has 1 N–H and O–H groups in total. The molecule has 0 aliphatic heterocycles. The zero-order chi connectivity index (χ0) is 20.7. The third-order valence-corrected chi connectivity index (χ3v) is 4.36. The molecule has 0 radical (unpaired) electrons. The summed E-state index contributed by atoms with van der Waals surface area (Å²) in [7, 11) is 1.55. The Morgan fingerprint density at radius 3 is 2.68 bits per heavy atom. The highest BCUT2D eigenvalue weighted by Gasteiger charge is 2.22. The number of carbonyl (C=O) groups excluding carboxylic acids is 1. The lowest BCUT2D eigenvalue weighted by Crippen LogP contribution is -2.32. The molecule has 0 aliphatic rings. The van der Waals surface area contributed by atoms with Gasteiger partial charge in [-0.15, -0.1) is 5.10 Å². The third kappa shape index (κ3) is 5.10. The second-order valence-electron chi connectivity index (χ2n) is 6.61. The van der Waals surface area contributed by atoms with Crippen LogP contribution in [0.3, 0.4) is 0 Å². The van der Waals surface area contributed by atoms with Crippen molar-refractivity contribution in [2.24, 2.45) is 0 Å². The highest BCUT2D eigenvalue weighted by Crippen LogP contribution is 2.32. The van der Waals surface area contributed by atoms with Crippen LogP contribution in [0.5, 0.6) is 11.5 Å². The maximum absolute atomic E-state index is 12.5. The van der Waals surface area contributed by atoms with Crippen LogP contribution in [-0.4, -0.2) is 51.2 Å². The quantitative estimate of drug-likeness (QED) is 0.629. The van der Waals surface area contributed by atoms with Crippen molar-refractivity contribution in [2.45, 2.75) is 39.4 Å². The minimum absolute atomic E-state index is 0.0834. The van der Waals surface area contributed by atoms with E-state index in [1.165, 1.54) is 6.08 Å². The molecule has 1 aromatic heterocycles. The molecule has 0 saturated heterocycles. The van der Waals surface area contributed by atoms with Crippen molar-refractivity contribution in [2.75, 3.05) is 20.3 Å². The summed E-state index contributed by atoms with van der Waals surface area (Å²) in [6, 6.07) is 5.40. The second-order valence-corrected chi connectivity index (χ2v) is 6.61. The summed E-state index contributed by atoms with van der Waals surface area (Å²) in [5.74, 6) is 0.870. The Hall–Kier alpha value is -2.87. The van der Waals surface area contributed by atoms with Gasteiger partial charge in [0.15, 0.2) is 11.5 Å². The van der Waals surface area contributed by atoms with Crippen molar-refractivity contribution in [3.8, 4) is 11.5 Å². The molecule has 1 amide bonds. The molecule has 28 heavy (non-hydrogen) atoms. The Morgan fingerprint density at radius 1 is 1.36 bits per heavy atom. The fraction of sp³-hybridized carbons (Fsp3) is 0.450. The molecule has 1 heterocycles. The minimum atomic E-state index is -0.254. The van der Waals surface area contributed by atoms with E-state index in [1.54, 1.807) is 22.8 Å². The monoisotopic (exact) mass is 388 g/mol. The molecule has 0 fully saturated rings. The van der Waals surface area contributed by atoms with Crippen molar-refractivity contribution in [1.82, 2.24) is 19.9 Å². The first-order chi connectivity index (χ1) is 13.4. The van der Waals surface area contributed by atoms with E-state index in [0.29, 0.717) is 23.7 Å². The SMILES string of the molecule is C=CC(=O)N(Cc1cn(C(C)C)nn1)C(C)c1ccc(OCCO)c(OC)c1. The molecule has 1 unspecified atom stereocenters. The first-order valence-corrected chi connectivity index (χ1v) is 9.16. The number of aliphatic hydroxyl groups excluding tert-OH is 1. The minimum Gasteiger partial charge on any atom is -0.493 e. The van der Waals surface area contributed by atoms with Crippen LogP contribution in [0, 0.1) is 0 Å². The lowest BCUT2D eigenvalue weighted by atomic mass is 10.1. The molecule has 0 bridgehead atoms. The van der Waals surface area contributed by atoms with E-state index in [9.17, 15) is 4.79 Å². The summed E-state index contributed by atoms with van der Waals surface area (Å²) in [6.45, 7) is 9.97. The standard InChI is InChI=1S/C20H28N4O4/c1-6-20(26)23(12-17-13-24(14(2)3)22-21-17)15(4)16-7-8-18(28-10-9-25)19(11-16)27-5/h6-8,11,13-15,25H,1,9-10,12H2,2-5H3. The lowest BCUT2D eigenvalue weighted by Gasteiger charge is -2.28. The van der Waals surface area contributed by atoms with Gasteiger partial charge in [0.2, 0.25) is 5.91 Å². The number of benzene rings is 1. The van der Waals surface area contributed by atoms with Crippen molar-refractivity contribution >= 4 is 5.91 Å². The molecular weight excluding hydrogens is 360 g/mol. The Morgan fingerprint density at radius 2 is 2.11 bits per heavy atom. The van der Waals surface area contributed by atoms with Crippen LogP contribution in [0.15, 0.2) is 37.1 Å². The van der Waals surface area contributed by atoms with E-state index >= 15 is 0 Å². The van der Waals surface area contributed by atoms with Crippen molar-refractivity contribution in [3.05, 3.63) is 48.3 Å². The van der Waals surface area contributed by atoms with Crippen LogP contribution in [0.4, 0.5) is 0 Å². The molecule has 2 rings (SSSR count). The van der Waals surface area contributed by atoms with Crippen molar-refractivity contribution in [3.63, 3.8) is 0 Å². The van der Waals surface area contributed by atoms with Gasteiger partial charge in [-0.3, -0.25) is 4.79 Å². The number of amides is 1. The predicted octanol–water partition coefficient (Wildman–Crippen LogP) is 2.51. The summed E-state index contributed by atoms with van der Waals surface area (Å²) in [5.41, 5.74) is 1.57. The number of carbonyl (C=O) groups is 1. The number of hydrogen-bond acceptors (Lipinski definition) is 6. The second kappa shape index (κ2) is 9.89. The summed E-state index contributed by atoms with van der Waals surface area (Å²) in [5, 5.41) is 17.2. The molecule has 0 saturated carbocycles. The van der Waals surface area contributed by atoms with Gasteiger partial charge < -0.3 is 19.5 Å². The van der Waals surface area contributed by atoms with Gasteiger partial charge in [-0.1, -0.05) is 17.9 Å². The summed E-state index contributed by atoms with van der Waals surface area (Å²) in [4.78, 5) is 14.2. The van der Waals surface area contributed by atoms with Gasteiger partial charge in [0, 0.05) is 6.04 Å². The Labute approximate surface area is 165 Å². The first-order valence-electron chi connectivity index (χ1n) is 9.16. The van der Waals surface area contributed by atoms with Gasteiger partial charge in [-0.2, -0.15) is 0 Å². The van der Waals surface area contributed by atoms with Crippen molar-refractivity contribution in [1.29, 1.82) is 0 Å². The van der Waals surface area contributed by atoms with Crippen LogP contribution in [0.2, 0.25) is 0 Å². The van der Waals surface area contributed by atoms with Gasteiger partial charge in [0.1, 0.15) is 12.3 Å². The average molecular weight is 388 g/mol. The summed E-state index contributed by atoms with van der Waals surface area (Å²) >= 11 is 0. The largest absolute Gasteiger partial charge is 0.493 e. The molecule has 0 spiro atoms. The van der Waals surface area contributed by atoms with E-state index in [0.717, 1.165) is 5.56 Å². The molecule has 1 aromatic carbocycles. The Balaban J connectivity index is 2.27. The van der Waals surface area contributed by atoms with Crippen LogP contribution in [0.25, 0.3) is 0 Å². The zero-order valence-corrected chi connectivity index (χ0v) is 16.8. The van der Waals surface area contributed by atoms with E-state index in [4.69, 9.17) is 14.6 Å². The van der Waals surface area contributed by atoms with Crippen molar-refractivity contribution < 1.29 is 19.4 Å². The Bertz CT molecular complexity index is 803. The fourth-order valence-electron chi connectivity index (χ4n) is 2.73. The van der Waals surface area contributed by atoms with Gasteiger partial charge in [-0.25, -0.2) is 4.68 Å². The number of methoxy groups -OCH3 is 1. The summed E-state index contributed by atoms with van der Waals surface area (Å²) < 4.78 is 12.6. The topological polar surface area (TPSA) is 89.7 Å². The Kier molecular flexibility index (Phi) is 7.57. The first kappa shape index (κ1) is 21.4. The fourth-order valence-corrected chi connectivity index (χ4v) is 2.73. The van der Waals surface area contributed by atoms with Gasteiger partial charge in [-0.05, 0) is 44.5 Å². The van der Waals surface area contributed by atoms with Gasteiger partial charge in [0.25, 0.3) is 0 Å². The molecule has 1 atom stereocenters.